The monoisotopic (exact) mass is 376 g/mol. The fraction of sp³-hybridized carbons (Fsp3) is 0.316. The summed E-state index contributed by atoms with van der Waals surface area (Å²) in [4.78, 5) is 12.4. The lowest BCUT2D eigenvalue weighted by Crippen LogP contribution is -2.32. The van der Waals surface area contributed by atoms with E-state index in [1.54, 1.807) is 14.0 Å². The van der Waals surface area contributed by atoms with Gasteiger partial charge in [0.1, 0.15) is 5.75 Å². The molecule has 2 aromatic carbocycles. The van der Waals surface area contributed by atoms with Crippen LogP contribution in [0.1, 0.15) is 36.2 Å². The molecule has 0 aromatic heterocycles. The molecule has 0 radical (unpaired) electrons. The van der Waals surface area contributed by atoms with Crippen molar-refractivity contribution in [3.8, 4) is 5.75 Å². The van der Waals surface area contributed by atoms with Crippen molar-refractivity contribution in [2.45, 2.75) is 37.8 Å². The molecule has 0 aliphatic rings. The fourth-order valence-corrected chi connectivity index (χ4v) is 3.56. The summed E-state index contributed by atoms with van der Waals surface area (Å²) in [5.41, 5.74) is 1.34. The van der Waals surface area contributed by atoms with Crippen molar-refractivity contribution in [1.29, 1.82) is 0 Å². The van der Waals surface area contributed by atoms with Crippen LogP contribution < -0.4 is 14.8 Å². The molecule has 7 heteroatoms. The first kappa shape index (κ1) is 19.9. The lowest BCUT2D eigenvalue weighted by atomic mass is 10.2. The molecule has 6 nitrogen and oxygen atoms in total. The highest BCUT2D eigenvalue weighted by Gasteiger charge is 2.17. The first-order chi connectivity index (χ1) is 12.4. The maximum absolute atomic E-state index is 12.2. The Morgan fingerprint density at radius 2 is 1.69 bits per heavy atom. The van der Waals surface area contributed by atoms with Crippen LogP contribution >= 0.6 is 0 Å². The smallest absolute Gasteiger partial charge is 0.251 e. The van der Waals surface area contributed by atoms with Gasteiger partial charge in [-0.2, -0.15) is 0 Å². The Hall–Kier alpha value is -2.38. The van der Waals surface area contributed by atoms with Crippen LogP contribution in [0.5, 0.6) is 5.75 Å². The third kappa shape index (κ3) is 5.31. The Morgan fingerprint density at radius 1 is 1.08 bits per heavy atom. The first-order valence-electron chi connectivity index (χ1n) is 8.39. The van der Waals surface area contributed by atoms with E-state index in [0.29, 0.717) is 18.5 Å². The zero-order valence-corrected chi connectivity index (χ0v) is 16.0. The molecule has 2 aromatic rings. The van der Waals surface area contributed by atoms with Crippen molar-refractivity contribution < 1.29 is 17.9 Å². The van der Waals surface area contributed by atoms with Crippen molar-refractivity contribution in [2.24, 2.45) is 0 Å². The van der Waals surface area contributed by atoms with E-state index >= 15 is 0 Å². The second-order valence-electron chi connectivity index (χ2n) is 5.99. The standard InChI is InChI=1S/C19H24N2O4S/c1-4-14(2)21-26(23,24)18-11-7-16(8-12-18)19(22)20-13-15-5-9-17(25-3)10-6-15/h5-12,14,21H,4,13H2,1-3H3,(H,20,22). The van der Waals surface area contributed by atoms with Gasteiger partial charge in [0.15, 0.2) is 0 Å². The lowest BCUT2D eigenvalue weighted by Gasteiger charge is -2.12. The molecular formula is C19H24N2O4S. The molecule has 0 saturated heterocycles. The van der Waals surface area contributed by atoms with Gasteiger partial charge in [0.25, 0.3) is 5.91 Å². The summed E-state index contributed by atoms with van der Waals surface area (Å²) in [7, 11) is -1.97. The second-order valence-corrected chi connectivity index (χ2v) is 7.70. The molecular weight excluding hydrogens is 352 g/mol. The normalized spacial score (nSPS) is 12.4. The van der Waals surface area contributed by atoms with E-state index in [1.807, 2.05) is 31.2 Å². The van der Waals surface area contributed by atoms with E-state index in [4.69, 9.17) is 4.74 Å². The van der Waals surface area contributed by atoms with Crippen LogP contribution in [0, 0.1) is 0 Å². The van der Waals surface area contributed by atoms with Gasteiger partial charge in [-0.15, -0.1) is 0 Å². The van der Waals surface area contributed by atoms with Gasteiger partial charge in [-0.25, -0.2) is 13.1 Å². The molecule has 2 rings (SSSR count). The molecule has 0 heterocycles. The van der Waals surface area contributed by atoms with E-state index in [2.05, 4.69) is 10.0 Å². The quantitative estimate of drug-likeness (QED) is 0.742. The zero-order chi connectivity index (χ0) is 19.2. The number of carbonyl (C=O) groups is 1. The van der Waals surface area contributed by atoms with E-state index in [-0.39, 0.29) is 16.8 Å². The number of ether oxygens (including phenoxy) is 1. The van der Waals surface area contributed by atoms with E-state index in [0.717, 1.165) is 11.3 Å². The zero-order valence-electron chi connectivity index (χ0n) is 15.2. The molecule has 0 aliphatic carbocycles. The Kier molecular flexibility index (Phi) is 6.76. The molecule has 2 N–H and O–H groups in total. The topological polar surface area (TPSA) is 84.5 Å². The number of benzene rings is 2. The van der Waals surface area contributed by atoms with Gasteiger partial charge in [0.05, 0.1) is 12.0 Å². The van der Waals surface area contributed by atoms with Crippen LogP contribution in [-0.4, -0.2) is 27.5 Å². The molecule has 0 spiro atoms. The van der Waals surface area contributed by atoms with Crippen LogP contribution in [-0.2, 0) is 16.6 Å². The predicted octanol–water partition coefficient (Wildman–Crippen LogP) is 2.70. The van der Waals surface area contributed by atoms with E-state index in [1.165, 1.54) is 24.3 Å². The number of hydrogen-bond donors (Lipinski definition) is 2. The van der Waals surface area contributed by atoms with E-state index < -0.39 is 10.0 Å². The lowest BCUT2D eigenvalue weighted by molar-refractivity contribution is 0.0951. The van der Waals surface area contributed by atoms with Crippen LogP contribution in [0.15, 0.2) is 53.4 Å². The summed E-state index contributed by atoms with van der Waals surface area (Å²) < 4.78 is 32.1. The van der Waals surface area contributed by atoms with Gasteiger partial charge in [0.2, 0.25) is 10.0 Å². The summed E-state index contributed by atoms with van der Waals surface area (Å²) in [6, 6.07) is 13.1. The average Bonchev–Trinajstić information content (AvgIpc) is 2.66. The van der Waals surface area contributed by atoms with Crippen molar-refractivity contribution in [3.63, 3.8) is 0 Å². The predicted molar refractivity (Wildman–Crippen MR) is 101 cm³/mol. The minimum absolute atomic E-state index is 0.143. The number of amides is 1. The second kappa shape index (κ2) is 8.82. The highest BCUT2D eigenvalue weighted by molar-refractivity contribution is 7.89. The SMILES string of the molecule is CCC(C)NS(=O)(=O)c1ccc(C(=O)NCc2ccc(OC)cc2)cc1. The number of carbonyl (C=O) groups excluding carboxylic acids is 1. The molecule has 1 unspecified atom stereocenters. The fourth-order valence-electron chi connectivity index (χ4n) is 2.23. The molecule has 140 valence electrons. The Morgan fingerprint density at radius 3 is 2.23 bits per heavy atom. The van der Waals surface area contributed by atoms with Crippen LogP contribution in [0.25, 0.3) is 0 Å². The molecule has 0 aliphatic heterocycles. The molecule has 26 heavy (non-hydrogen) atoms. The first-order valence-corrected chi connectivity index (χ1v) is 9.87. The highest BCUT2D eigenvalue weighted by atomic mass is 32.2. The van der Waals surface area contributed by atoms with Gasteiger partial charge in [-0.3, -0.25) is 4.79 Å². The Bertz CT molecular complexity index is 831. The number of sulfonamides is 1. The van der Waals surface area contributed by atoms with Crippen LogP contribution in [0.3, 0.4) is 0 Å². The average molecular weight is 376 g/mol. The van der Waals surface area contributed by atoms with Gasteiger partial charge in [-0.1, -0.05) is 19.1 Å². The number of hydrogen-bond acceptors (Lipinski definition) is 4. The van der Waals surface area contributed by atoms with Crippen LogP contribution in [0.4, 0.5) is 0 Å². The molecule has 1 atom stereocenters. The summed E-state index contributed by atoms with van der Waals surface area (Å²) in [5, 5.41) is 2.81. The molecule has 0 fully saturated rings. The number of methoxy groups -OCH3 is 1. The van der Waals surface area contributed by atoms with Gasteiger partial charge < -0.3 is 10.1 Å². The largest absolute Gasteiger partial charge is 0.497 e. The highest BCUT2D eigenvalue weighted by Crippen LogP contribution is 2.13. The van der Waals surface area contributed by atoms with E-state index in [9.17, 15) is 13.2 Å². The summed E-state index contributed by atoms with van der Waals surface area (Å²) in [6.07, 6.45) is 0.699. The third-order valence-corrected chi connectivity index (χ3v) is 5.61. The molecule has 1 amide bonds. The Labute approximate surface area is 154 Å². The van der Waals surface area contributed by atoms with Gasteiger partial charge in [-0.05, 0) is 55.3 Å². The van der Waals surface area contributed by atoms with Crippen molar-refractivity contribution in [3.05, 3.63) is 59.7 Å². The minimum atomic E-state index is -3.57. The third-order valence-electron chi connectivity index (χ3n) is 4.01. The minimum Gasteiger partial charge on any atom is -0.497 e. The maximum atomic E-state index is 12.2. The summed E-state index contributed by atoms with van der Waals surface area (Å²) in [5.74, 6) is 0.488. The number of rotatable bonds is 8. The van der Waals surface area contributed by atoms with Crippen molar-refractivity contribution in [1.82, 2.24) is 10.0 Å². The van der Waals surface area contributed by atoms with Crippen molar-refractivity contribution in [2.75, 3.05) is 7.11 Å². The van der Waals surface area contributed by atoms with Crippen LogP contribution in [0.2, 0.25) is 0 Å². The molecule has 0 saturated carbocycles. The Balaban J connectivity index is 1.99. The summed E-state index contributed by atoms with van der Waals surface area (Å²) >= 11 is 0. The van der Waals surface area contributed by atoms with Gasteiger partial charge >= 0.3 is 0 Å². The van der Waals surface area contributed by atoms with Crippen molar-refractivity contribution >= 4 is 15.9 Å². The maximum Gasteiger partial charge on any atom is 0.251 e. The molecule has 0 bridgehead atoms. The number of nitrogens with one attached hydrogen (secondary N) is 2. The summed E-state index contributed by atoms with van der Waals surface area (Å²) in [6.45, 7) is 4.08. The van der Waals surface area contributed by atoms with Gasteiger partial charge in [0, 0.05) is 18.2 Å².